The third kappa shape index (κ3) is 4.80. The summed E-state index contributed by atoms with van der Waals surface area (Å²) in [6.07, 6.45) is 3.55. The molecule has 2 aromatic carbocycles. The number of carbonyl (C=O) groups excluding carboxylic acids is 1. The number of hydrogen-bond donors (Lipinski definition) is 1. The molecule has 0 saturated heterocycles. The summed E-state index contributed by atoms with van der Waals surface area (Å²) in [5.74, 6) is -0.459. The molecule has 152 valence electrons. The zero-order valence-electron chi connectivity index (χ0n) is 16.5. The van der Waals surface area contributed by atoms with Crippen molar-refractivity contribution < 1.29 is 18.9 Å². The highest BCUT2D eigenvalue weighted by atomic mass is 19.1. The molecule has 0 aromatic heterocycles. The molecule has 2 N–H and O–H groups in total. The number of nitrogens with two attached hydrogens (primary N) is 1. The minimum atomic E-state index is -0.684. The fraction of sp³-hybridized carbons (Fsp3) is 0.318. The summed E-state index contributed by atoms with van der Waals surface area (Å²) in [6.45, 7) is 2.35. The molecule has 2 atom stereocenters. The number of rotatable bonds is 9. The number of amides is 1. The van der Waals surface area contributed by atoms with Crippen LogP contribution < -0.4 is 5.73 Å². The molecule has 7 heteroatoms. The molecule has 0 bridgehead atoms. The van der Waals surface area contributed by atoms with Crippen molar-refractivity contribution in [1.82, 2.24) is 0 Å². The van der Waals surface area contributed by atoms with Gasteiger partial charge in [-0.3, -0.25) is 4.79 Å². The first kappa shape index (κ1) is 20.5. The van der Waals surface area contributed by atoms with Crippen LogP contribution in [0, 0.1) is 11.7 Å². The summed E-state index contributed by atoms with van der Waals surface area (Å²) in [7, 11) is 1.35. The molecule has 6 nitrogen and oxygen atoms in total. The Bertz CT molecular complexity index is 927. The predicted octanol–water partition coefficient (Wildman–Crippen LogP) is 3.53. The first-order valence-corrected chi connectivity index (χ1v) is 9.34. The number of carbonyl (C=O) groups is 1. The maximum atomic E-state index is 13.1. The molecule has 2 unspecified atom stereocenters. The molecular formula is C22H24FN3O3. The molecule has 1 amide bonds. The van der Waals surface area contributed by atoms with Crippen molar-refractivity contribution in [2.24, 2.45) is 22.0 Å². The lowest BCUT2D eigenvalue weighted by Crippen LogP contribution is -2.25. The van der Waals surface area contributed by atoms with Gasteiger partial charge in [0.15, 0.2) is 5.71 Å². The van der Waals surface area contributed by atoms with Gasteiger partial charge >= 0.3 is 0 Å². The summed E-state index contributed by atoms with van der Waals surface area (Å²) in [5.41, 5.74) is 7.88. The minimum Gasteiger partial charge on any atom is -0.398 e. The largest absolute Gasteiger partial charge is 0.398 e. The van der Waals surface area contributed by atoms with Crippen LogP contribution in [0.4, 0.5) is 4.39 Å². The van der Waals surface area contributed by atoms with Crippen LogP contribution in [-0.2, 0) is 26.5 Å². The number of hydrogen-bond acceptors (Lipinski definition) is 5. The van der Waals surface area contributed by atoms with E-state index in [-0.39, 0.29) is 23.6 Å². The maximum Gasteiger partial charge on any atom is 0.271 e. The van der Waals surface area contributed by atoms with E-state index in [2.05, 4.69) is 17.2 Å². The van der Waals surface area contributed by atoms with Crippen LogP contribution in [0.25, 0.3) is 0 Å². The lowest BCUT2D eigenvalue weighted by Gasteiger charge is -2.10. The van der Waals surface area contributed by atoms with Crippen molar-refractivity contribution >= 4 is 17.8 Å². The Labute approximate surface area is 169 Å². The Morgan fingerprint density at radius 2 is 2.00 bits per heavy atom. The second-order valence-corrected chi connectivity index (χ2v) is 7.27. The maximum absolute atomic E-state index is 13.1. The first-order chi connectivity index (χ1) is 14.0. The molecule has 1 saturated carbocycles. The van der Waals surface area contributed by atoms with Crippen molar-refractivity contribution in [2.45, 2.75) is 31.8 Å². The SMILES string of the molecule is CON=C(C(N)=O)c1ccccc1CON=CCC1CC1(C)c1ccc(F)cc1. The van der Waals surface area contributed by atoms with E-state index >= 15 is 0 Å². The first-order valence-electron chi connectivity index (χ1n) is 9.34. The second-order valence-electron chi connectivity index (χ2n) is 7.27. The molecule has 0 radical (unpaired) electrons. The molecule has 1 fully saturated rings. The smallest absolute Gasteiger partial charge is 0.271 e. The van der Waals surface area contributed by atoms with Gasteiger partial charge in [-0.1, -0.05) is 53.6 Å². The van der Waals surface area contributed by atoms with Gasteiger partial charge in [0.2, 0.25) is 0 Å². The average Bonchev–Trinajstić information content (AvgIpc) is 3.37. The van der Waals surface area contributed by atoms with E-state index in [0.29, 0.717) is 11.5 Å². The van der Waals surface area contributed by atoms with Crippen LogP contribution in [-0.4, -0.2) is 24.9 Å². The van der Waals surface area contributed by atoms with Gasteiger partial charge in [0.05, 0.1) is 0 Å². The van der Waals surface area contributed by atoms with Crippen molar-refractivity contribution in [2.75, 3.05) is 7.11 Å². The Balaban J connectivity index is 1.55. The number of halogens is 1. The van der Waals surface area contributed by atoms with Gasteiger partial charge in [0, 0.05) is 17.3 Å². The van der Waals surface area contributed by atoms with Crippen LogP contribution in [0.5, 0.6) is 0 Å². The molecule has 3 rings (SSSR count). The van der Waals surface area contributed by atoms with Gasteiger partial charge in [-0.05, 0) is 41.9 Å². The predicted molar refractivity (Wildman–Crippen MR) is 109 cm³/mol. The summed E-state index contributed by atoms with van der Waals surface area (Å²) in [6, 6.07) is 13.8. The van der Waals surface area contributed by atoms with Gasteiger partial charge in [-0.25, -0.2) is 4.39 Å². The van der Waals surface area contributed by atoms with Crippen molar-refractivity contribution in [3.63, 3.8) is 0 Å². The van der Waals surface area contributed by atoms with E-state index in [9.17, 15) is 9.18 Å². The fourth-order valence-electron chi connectivity index (χ4n) is 3.51. The Morgan fingerprint density at radius 1 is 1.28 bits per heavy atom. The lowest BCUT2D eigenvalue weighted by molar-refractivity contribution is -0.112. The summed E-state index contributed by atoms with van der Waals surface area (Å²) in [5, 5.41) is 7.74. The second kappa shape index (κ2) is 8.86. The van der Waals surface area contributed by atoms with Crippen molar-refractivity contribution in [1.29, 1.82) is 0 Å². The quantitative estimate of drug-likeness (QED) is 0.519. The summed E-state index contributed by atoms with van der Waals surface area (Å²) < 4.78 is 13.1. The van der Waals surface area contributed by atoms with E-state index < -0.39 is 5.91 Å². The van der Waals surface area contributed by atoms with Gasteiger partial charge in [0.1, 0.15) is 19.5 Å². The number of primary amides is 1. The topological polar surface area (TPSA) is 86.3 Å². The molecule has 1 aliphatic carbocycles. The van der Waals surface area contributed by atoms with Gasteiger partial charge in [-0.15, -0.1) is 0 Å². The molecule has 0 aliphatic heterocycles. The van der Waals surface area contributed by atoms with Gasteiger partial charge in [-0.2, -0.15) is 0 Å². The van der Waals surface area contributed by atoms with Crippen LogP contribution in [0.2, 0.25) is 0 Å². The molecule has 1 aliphatic rings. The van der Waals surface area contributed by atoms with E-state index in [1.54, 1.807) is 18.3 Å². The Kier molecular flexibility index (Phi) is 6.26. The Hall–Kier alpha value is -3.22. The van der Waals surface area contributed by atoms with Crippen LogP contribution in [0.3, 0.4) is 0 Å². The molecule has 2 aromatic rings. The van der Waals surface area contributed by atoms with Crippen molar-refractivity contribution in [3.05, 3.63) is 71.0 Å². The van der Waals surface area contributed by atoms with Crippen LogP contribution in [0.1, 0.15) is 36.5 Å². The lowest BCUT2D eigenvalue weighted by atomic mass is 9.95. The van der Waals surface area contributed by atoms with E-state index in [1.165, 1.54) is 19.2 Å². The van der Waals surface area contributed by atoms with Gasteiger partial charge in [0.25, 0.3) is 5.91 Å². The number of nitrogens with zero attached hydrogens (tertiary/aromatic N) is 2. The average molecular weight is 397 g/mol. The zero-order chi connectivity index (χ0) is 20.9. The third-order valence-corrected chi connectivity index (χ3v) is 5.36. The summed E-state index contributed by atoms with van der Waals surface area (Å²) in [4.78, 5) is 21.7. The Morgan fingerprint density at radius 3 is 2.69 bits per heavy atom. The fourth-order valence-corrected chi connectivity index (χ4v) is 3.51. The standard InChI is InChI=1S/C22H24FN3O3/c1-22(16-7-9-18(23)10-8-16)13-17(22)11-12-25-29-14-15-5-3-4-6-19(15)20(21(24)27)26-28-2/h3-10,12,17H,11,13-14H2,1-2H3,(H2,24,27). The molecule has 0 heterocycles. The molecule has 29 heavy (non-hydrogen) atoms. The zero-order valence-corrected chi connectivity index (χ0v) is 16.5. The normalized spacial score (nSPS) is 21.2. The monoisotopic (exact) mass is 397 g/mol. The van der Waals surface area contributed by atoms with E-state index in [4.69, 9.17) is 15.4 Å². The van der Waals surface area contributed by atoms with Crippen LogP contribution in [0.15, 0.2) is 58.8 Å². The molecular weight excluding hydrogens is 373 g/mol. The van der Waals surface area contributed by atoms with Gasteiger partial charge < -0.3 is 15.4 Å². The number of benzene rings is 2. The molecule has 0 spiro atoms. The highest BCUT2D eigenvalue weighted by molar-refractivity contribution is 6.45. The number of oxime groups is 2. The summed E-state index contributed by atoms with van der Waals surface area (Å²) >= 11 is 0. The van der Waals surface area contributed by atoms with E-state index in [0.717, 1.165) is 24.0 Å². The van der Waals surface area contributed by atoms with E-state index in [1.807, 2.05) is 24.3 Å². The minimum absolute atomic E-state index is 0.0312. The van der Waals surface area contributed by atoms with Crippen LogP contribution >= 0.6 is 0 Å². The third-order valence-electron chi connectivity index (χ3n) is 5.36. The van der Waals surface area contributed by atoms with Crippen molar-refractivity contribution in [3.8, 4) is 0 Å². The highest BCUT2D eigenvalue weighted by Gasteiger charge is 2.50. The highest BCUT2D eigenvalue weighted by Crippen LogP contribution is 2.55.